The van der Waals surface area contributed by atoms with E-state index in [0.29, 0.717) is 5.69 Å². The third-order valence-electron chi connectivity index (χ3n) is 2.04. The number of hydrogen-bond acceptors (Lipinski definition) is 5. The molecule has 6 heteroatoms. The Morgan fingerprint density at radius 3 is 2.76 bits per heavy atom. The van der Waals surface area contributed by atoms with Crippen LogP contribution in [0.2, 0.25) is 0 Å². The molecule has 0 atom stereocenters. The van der Waals surface area contributed by atoms with Crippen LogP contribution in [0.15, 0.2) is 23.1 Å². The molecular weight excluding hydrogens is 240 g/mol. The first-order valence-corrected chi connectivity index (χ1v) is 5.88. The molecule has 1 aromatic carbocycles. The molecule has 2 amide bonds. The van der Waals surface area contributed by atoms with Gasteiger partial charge in [-0.2, -0.15) is 0 Å². The average molecular weight is 254 g/mol. The molecule has 92 valence electrons. The topological polar surface area (TPSA) is 81.4 Å². The van der Waals surface area contributed by atoms with Crippen LogP contribution >= 0.6 is 11.8 Å². The number of anilines is 1. The predicted molar refractivity (Wildman–Crippen MR) is 66.9 cm³/mol. The van der Waals surface area contributed by atoms with Gasteiger partial charge >= 0.3 is 6.09 Å². The van der Waals surface area contributed by atoms with Gasteiger partial charge in [0.1, 0.15) is 0 Å². The van der Waals surface area contributed by atoms with Gasteiger partial charge in [0.25, 0.3) is 0 Å². The normalized spacial score (nSPS) is 9.76. The standard InChI is InChI=1S/C11H14N2O3S/c1-7-5-8(3-4-9(7)12)17-6-10(14)13-11(15)16-2/h3-5H,6,12H2,1-2H3,(H,13,14,15). The Labute approximate surface area is 104 Å². The van der Waals surface area contributed by atoms with E-state index in [1.54, 1.807) is 6.07 Å². The van der Waals surface area contributed by atoms with Gasteiger partial charge in [0.05, 0.1) is 12.9 Å². The molecule has 0 aliphatic heterocycles. The summed E-state index contributed by atoms with van der Waals surface area (Å²) >= 11 is 1.33. The van der Waals surface area contributed by atoms with E-state index in [2.05, 4.69) is 10.1 Å². The average Bonchev–Trinajstić information content (AvgIpc) is 2.30. The molecule has 1 rings (SSSR count). The second-order valence-electron chi connectivity index (χ2n) is 3.35. The van der Waals surface area contributed by atoms with Crippen LogP contribution in [0, 0.1) is 6.92 Å². The number of benzene rings is 1. The lowest BCUT2D eigenvalue weighted by Gasteiger charge is -2.05. The Morgan fingerprint density at radius 2 is 2.18 bits per heavy atom. The Hall–Kier alpha value is -1.69. The van der Waals surface area contributed by atoms with Gasteiger partial charge < -0.3 is 10.5 Å². The van der Waals surface area contributed by atoms with Crippen molar-refractivity contribution in [3.05, 3.63) is 23.8 Å². The summed E-state index contributed by atoms with van der Waals surface area (Å²) in [6, 6.07) is 5.51. The van der Waals surface area contributed by atoms with Crippen LogP contribution in [-0.2, 0) is 9.53 Å². The number of nitrogens with two attached hydrogens (primary N) is 1. The first-order valence-electron chi connectivity index (χ1n) is 4.89. The fourth-order valence-corrected chi connectivity index (χ4v) is 1.88. The summed E-state index contributed by atoms with van der Waals surface area (Å²) in [5.74, 6) is -0.241. The third kappa shape index (κ3) is 4.36. The number of ether oxygens (including phenoxy) is 1. The molecule has 0 spiro atoms. The monoisotopic (exact) mass is 254 g/mol. The van der Waals surface area contributed by atoms with Crippen LogP contribution in [0.5, 0.6) is 0 Å². The van der Waals surface area contributed by atoms with Gasteiger partial charge in [0.15, 0.2) is 0 Å². The van der Waals surface area contributed by atoms with E-state index >= 15 is 0 Å². The highest BCUT2D eigenvalue weighted by Crippen LogP contribution is 2.22. The minimum Gasteiger partial charge on any atom is -0.453 e. The number of rotatable bonds is 3. The van der Waals surface area contributed by atoms with Gasteiger partial charge in [-0.1, -0.05) is 0 Å². The minimum absolute atomic E-state index is 0.151. The quantitative estimate of drug-likeness (QED) is 0.632. The first-order chi connectivity index (χ1) is 8.02. The summed E-state index contributed by atoms with van der Waals surface area (Å²) in [6.45, 7) is 1.90. The second-order valence-corrected chi connectivity index (χ2v) is 4.40. The van der Waals surface area contributed by atoms with E-state index in [4.69, 9.17) is 5.73 Å². The van der Waals surface area contributed by atoms with Gasteiger partial charge in [-0.3, -0.25) is 10.1 Å². The number of hydrogen-bond donors (Lipinski definition) is 2. The van der Waals surface area contributed by atoms with Crippen molar-refractivity contribution in [1.29, 1.82) is 0 Å². The molecule has 0 aliphatic carbocycles. The molecule has 0 saturated heterocycles. The molecule has 0 unspecified atom stereocenters. The Bertz CT molecular complexity index is 435. The highest BCUT2D eigenvalue weighted by molar-refractivity contribution is 8.00. The first kappa shape index (κ1) is 13.4. The highest BCUT2D eigenvalue weighted by atomic mass is 32.2. The van der Waals surface area contributed by atoms with Crippen LogP contribution in [0.25, 0.3) is 0 Å². The summed E-state index contributed by atoms with van der Waals surface area (Å²) in [7, 11) is 1.21. The lowest BCUT2D eigenvalue weighted by atomic mass is 10.2. The van der Waals surface area contributed by atoms with Gasteiger partial charge in [0, 0.05) is 10.6 Å². The number of nitrogens with one attached hydrogen (secondary N) is 1. The lowest BCUT2D eigenvalue weighted by Crippen LogP contribution is -2.31. The Morgan fingerprint density at radius 1 is 1.47 bits per heavy atom. The number of thioether (sulfide) groups is 1. The summed E-state index contributed by atoms with van der Waals surface area (Å²) in [6.07, 6.45) is -0.746. The van der Waals surface area contributed by atoms with E-state index in [1.165, 1.54) is 18.9 Å². The zero-order chi connectivity index (χ0) is 12.8. The van der Waals surface area contributed by atoms with E-state index in [0.717, 1.165) is 10.5 Å². The molecule has 3 N–H and O–H groups in total. The zero-order valence-electron chi connectivity index (χ0n) is 9.65. The maximum Gasteiger partial charge on any atom is 0.413 e. The van der Waals surface area contributed by atoms with Crippen molar-refractivity contribution in [3.63, 3.8) is 0 Å². The van der Waals surface area contributed by atoms with E-state index in [9.17, 15) is 9.59 Å². The number of alkyl carbamates (subject to hydrolysis) is 1. The van der Waals surface area contributed by atoms with Gasteiger partial charge in [-0.05, 0) is 30.7 Å². The molecule has 0 saturated carbocycles. The smallest absolute Gasteiger partial charge is 0.413 e. The van der Waals surface area contributed by atoms with Gasteiger partial charge in [-0.25, -0.2) is 4.79 Å². The molecule has 0 aromatic heterocycles. The molecule has 17 heavy (non-hydrogen) atoms. The molecule has 0 fully saturated rings. The van der Waals surface area contributed by atoms with Crippen LogP contribution in [0.3, 0.4) is 0 Å². The van der Waals surface area contributed by atoms with Crippen molar-refractivity contribution in [3.8, 4) is 0 Å². The predicted octanol–water partition coefficient (Wildman–Crippen LogP) is 1.55. The summed E-state index contributed by atoms with van der Waals surface area (Å²) < 4.78 is 4.31. The largest absolute Gasteiger partial charge is 0.453 e. The number of methoxy groups -OCH3 is 1. The fourth-order valence-electron chi connectivity index (χ4n) is 1.09. The summed E-state index contributed by atoms with van der Waals surface area (Å²) in [5.41, 5.74) is 7.36. The van der Waals surface area contributed by atoms with Crippen molar-refractivity contribution in [2.45, 2.75) is 11.8 Å². The number of imide groups is 1. The summed E-state index contributed by atoms with van der Waals surface area (Å²) in [4.78, 5) is 23.0. The zero-order valence-corrected chi connectivity index (χ0v) is 10.5. The molecule has 5 nitrogen and oxygen atoms in total. The fraction of sp³-hybridized carbons (Fsp3) is 0.273. The Kier molecular flexibility index (Phi) is 4.84. The van der Waals surface area contributed by atoms with Crippen molar-refractivity contribution in [1.82, 2.24) is 5.32 Å². The van der Waals surface area contributed by atoms with E-state index in [1.807, 2.05) is 19.1 Å². The molecular formula is C11H14N2O3S. The molecule has 0 aliphatic rings. The lowest BCUT2D eigenvalue weighted by molar-refractivity contribution is -0.117. The van der Waals surface area contributed by atoms with Crippen molar-refractivity contribution < 1.29 is 14.3 Å². The number of carbonyl (C=O) groups is 2. The van der Waals surface area contributed by atoms with Crippen molar-refractivity contribution in [2.75, 3.05) is 18.6 Å². The van der Waals surface area contributed by atoms with Crippen molar-refractivity contribution >= 4 is 29.4 Å². The maximum atomic E-state index is 11.3. The van der Waals surface area contributed by atoms with Crippen LogP contribution in [0.1, 0.15) is 5.56 Å². The maximum absolute atomic E-state index is 11.3. The molecule has 0 radical (unpaired) electrons. The molecule has 0 heterocycles. The molecule has 1 aromatic rings. The van der Waals surface area contributed by atoms with Crippen LogP contribution in [0.4, 0.5) is 10.5 Å². The Balaban J connectivity index is 2.47. The molecule has 0 bridgehead atoms. The SMILES string of the molecule is COC(=O)NC(=O)CSc1ccc(N)c(C)c1. The third-order valence-corrected chi connectivity index (χ3v) is 3.03. The minimum atomic E-state index is -0.746. The highest BCUT2D eigenvalue weighted by Gasteiger charge is 2.08. The van der Waals surface area contributed by atoms with E-state index in [-0.39, 0.29) is 5.75 Å². The summed E-state index contributed by atoms with van der Waals surface area (Å²) in [5, 5.41) is 2.08. The number of aryl methyl sites for hydroxylation is 1. The van der Waals surface area contributed by atoms with E-state index < -0.39 is 12.0 Å². The van der Waals surface area contributed by atoms with Crippen LogP contribution in [-0.4, -0.2) is 24.9 Å². The van der Waals surface area contributed by atoms with Gasteiger partial charge in [-0.15, -0.1) is 11.8 Å². The number of carbonyl (C=O) groups excluding carboxylic acids is 2. The number of nitrogen functional groups attached to an aromatic ring is 1. The van der Waals surface area contributed by atoms with Crippen molar-refractivity contribution in [2.24, 2.45) is 0 Å². The second kappa shape index (κ2) is 6.15. The van der Waals surface area contributed by atoms with Gasteiger partial charge in [0.2, 0.25) is 5.91 Å². The van der Waals surface area contributed by atoms with Crippen LogP contribution < -0.4 is 11.1 Å². The number of amides is 2.